The van der Waals surface area contributed by atoms with Gasteiger partial charge in [0.15, 0.2) is 6.29 Å². The van der Waals surface area contributed by atoms with Crippen LogP contribution in [0.3, 0.4) is 0 Å². The predicted molar refractivity (Wildman–Crippen MR) is 110 cm³/mol. The Morgan fingerprint density at radius 2 is 1.57 bits per heavy atom. The third-order valence-corrected chi connectivity index (χ3v) is 5.13. The summed E-state index contributed by atoms with van der Waals surface area (Å²) >= 11 is 0. The van der Waals surface area contributed by atoms with Crippen LogP contribution < -0.4 is 5.63 Å². The van der Waals surface area contributed by atoms with Crippen LogP contribution in [0.4, 0.5) is 0 Å². The molecule has 4 nitrogen and oxygen atoms in total. The second-order valence-corrected chi connectivity index (χ2v) is 7.52. The van der Waals surface area contributed by atoms with Crippen LogP contribution in [0.25, 0.3) is 11.3 Å². The molecule has 28 heavy (non-hydrogen) atoms. The lowest BCUT2D eigenvalue weighted by Crippen LogP contribution is -2.26. The normalized spacial score (nSPS) is 13.5. The van der Waals surface area contributed by atoms with E-state index in [1.54, 1.807) is 6.92 Å². The smallest absolute Gasteiger partial charge is 0.336 e. The first-order chi connectivity index (χ1) is 13.3. The zero-order valence-corrected chi connectivity index (χ0v) is 16.4. The highest BCUT2D eigenvalue weighted by molar-refractivity contribution is 5.60. The van der Waals surface area contributed by atoms with Gasteiger partial charge in [-0.3, -0.25) is 0 Å². The molecule has 2 N–H and O–H groups in total. The minimum atomic E-state index is -1.48. The predicted octanol–water partition coefficient (Wildman–Crippen LogP) is 4.20. The SMILES string of the molecule is Cc1cc(C)cc(-c2cc(C(Cc3ccccc3)C(C)C(O)O)cc(=O)o2)c1. The number of hydrogen-bond donors (Lipinski definition) is 2. The summed E-state index contributed by atoms with van der Waals surface area (Å²) < 4.78 is 5.47. The van der Waals surface area contributed by atoms with Crippen LogP contribution in [-0.4, -0.2) is 16.5 Å². The van der Waals surface area contributed by atoms with Gasteiger partial charge in [-0.25, -0.2) is 4.79 Å². The van der Waals surface area contributed by atoms with Gasteiger partial charge in [-0.1, -0.05) is 54.4 Å². The molecule has 0 aliphatic heterocycles. The standard InChI is InChI=1S/C24H26O4/c1-15-9-16(2)11-20(10-15)22-13-19(14-23(25)28-22)21(17(3)24(26)27)12-18-7-5-4-6-8-18/h4-11,13-14,17,21,24,26-27H,12H2,1-3H3. The highest BCUT2D eigenvalue weighted by Crippen LogP contribution is 2.32. The molecule has 3 aromatic rings. The molecule has 0 fully saturated rings. The van der Waals surface area contributed by atoms with Gasteiger partial charge in [0.2, 0.25) is 0 Å². The third kappa shape index (κ3) is 4.77. The Morgan fingerprint density at radius 1 is 0.929 bits per heavy atom. The molecule has 0 saturated heterocycles. The van der Waals surface area contributed by atoms with E-state index in [4.69, 9.17) is 4.42 Å². The van der Waals surface area contributed by atoms with E-state index >= 15 is 0 Å². The molecule has 3 rings (SSSR count). The Kier molecular flexibility index (Phi) is 6.12. The third-order valence-electron chi connectivity index (χ3n) is 5.13. The van der Waals surface area contributed by atoms with E-state index in [1.165, 1.54) is 6.07 Å². The molecule has 2 unspecified atom stereocenters. The fourth-order valence-electron chi connectivity index (χ4n) is 3.65. The van der Waals surface area contributed by atoms with Crippen molar-refractivity contribution in [1.82, 2.24) is 0 Å². The van der Waals surface area contributed by atoms with Gasteiger partial charge in [0, 0.05) is 17.5 Å². The second kappa shape index (κ2) is 8.55. The maximum atomic E-state index is 12.3. The lowest BCUT2D eigenvalue weighted by molar-refractivity contribution is -0.0855. The minimum Gasteiger partial charge on any atom is -0.423 e. The van der Waals surface area contributed by atoms with Gasteiger partial charge < -0.3 is 14.6 Å². The Bertz CT molecular complexity index is 969. The fraction of sp³-hybridized carbons (Fsp3) is 0.292. The van der Waals surface area contributed by atoms with E-state index < -0.39 is 17.8 Å². The number of hydrogen-bond acceptors (Lipinski definition) is 4. The van der Waals surface area contributed by atoms with Crippen LogP contribution >= 0.6 is 0 Å². The van der Waals surface area contributed by atoms with Crippen LogP contribution in [0.1, 0.15) is 35.1 Å². The van der Waals surface area contributed by atoms with Gasteiger partial charge in [0.25, 0.3) is 0 Å². The van der Waals surface area contributed by atoms with Crippen molar-refractivity contribution in [1.29, 1.82) is 0 Å². The van der Waals surface area contributed by atoms with Crippen molar-refractivity contribution >= 4 is 0 Å². The van der Waals surface area contributed by atoms with E-state index in [0.717, 1.165) is 27.8 Å². The van der Waals surface area contributed by atoms with Gasteiger partial charge in [0.05, 0.1) is 0 Å². The molecule has 1 heterocycles. The summed E-state index contributed by atoms with van der Waals surface area (Å²) in [6.07, 6.45) is -0.888. The highest BCUT2D eigenvalue weighted by Gasteiger charge is 2.26. The minimum absolute atomic E-state index is 0.240. The Morgan fingerprint density at radius 3 is 2.18 bits per heavy atom. The molecule has 2 aromatic carbocycles. The van der Waals surface area contributed by atoms with Gasteiger partial charge in [-0.15, -0.1) is 0 Å². The largest absolute Gasteiger partial charge is 0.423 e. The molecule has 0 spiro atoms. The first-order valence-corrected chi connectivity index (χ1v) is 9.47. The summed E-state index contributed by atoms with van der Waals surface area (Å²) in [7, 11) is 0. The monoisotopic (exact) mass is 378 g/mol. The maximum absolute atomic E-state index is 12.3. The molecule has 0 aliphatic rings. The van der Waals surface area contributed by atoms with E-state index in [0.29, 0.717) is 12.2 Å². The first-order valence-electron chi connectivity index (χ1n) is 9.47. The summed E-state index contributed by atoms with van der Waals surface area (Å²) in [4.78, 5) is 12.3. The lowest BCUT2D eigenvalue weighted by atomic mass is 9.82. The van der Waals surface area contributed by atoms with Crippen LogP contribution in [-0.2, 0) is 6.42 Å². The molecule has 1 aromatic heterocycles. The molecular weight excluding hydrogens is 352 g/mol. The van der Waals surface area contributed by atoms with Gasteiger partial charge >= 0.3 is 5.63 Å². The van der Waals surface area contributed by atoms with E-state index in [-0.39, 0.29) is 5.92 Å². The van der Waals surface area contributed by atoms with Gasteiger partial charge in [0.1, 0.15) is 5.76 Å². The zero-order chi connectivity index (χ0) is 20.3. The molecule has 0 aliphatic carbocycles. The number of benzene rings is 2. The molecule has 0 bridgehead atoms. The Hall–Kier alpha value is -2.69. The van der Waals surface area contributed by atoms with E-state index in [9.17, 15) is 15.0 Å². The number of aryl methyl sites for hydroxylation is 2. The molecule has 4 heteroatoms. The quantitative estimate of drug-likeness (QED) is 0.631. The maximum Gasteiger partial charge on any atom is 0.336 e. The lowest BCUT2D eigenvalue weighted by Gasteiger charge is -2.26. The van der Waals surface area contributed by atoms with Gasteiger partial charge in [-0.05, 0) is 55.5 Å². The molecule has 2 atom stereocenters. The Balaban J connectivity index is 2.07. The summed E-state index contributed by atoms with van der Waals surface area (Å²) in [6, 6.07) is 19.2. The van der Waals surface area contributed by atoms with Crippen LogP contribution in [0.5, 0.6) is 0 Å². The average molecular weight is 378 g/mol. The number of aliphatic hydroxyl groups excluding tert-OH is 1. The van der Waals surface area contributed by atoms with E-state index in [1.807, 2.05) is 62.4 Å². The topological polar surface area (TPSA) is 70.7 Å². The number of rotatable bonds is 6. The molecule has 146 valence electrons. The highest BCUT2D eigenvalue weighted by atomic mass is 16.5. The molecule has 0 radical (unpaired) electrons. The van der Waals surface area contributed by atoms with E-state index in [2.05, 4.69) is 6.07 Å². The second-order valence-electron chi connectivity index (χ2n) is 7.52. The van der Waals surface area contributed by atoms with Gasteiger partial charge in [-0.2, -0.15) is 0 Å². The van der Waals surface area contributed by atoms with Crippen molar-refractivity contribution in [2.45, 2.75) is 39.4 Å². The molecule has 0 saturated carbocycles. The van der Waals surface area contributed by atoms with Crippen molar-refractivity contribution in [3.8, 4) is 11.3 Å². The van der Waals surface area contributed by atoms with Crippen LogP contribution in [0.15, 0.2) is 69.9 Å². The average Bonchev–Trinajstić information content (AvgIpc) is 2.65. The van der Waals surface area contributed by atoms with Crippen molar-refractivity contribution in [2.24, 2.45) is 5.92 Å². The van der Waals surface area contributed by atoms with Crippen molar-refractivity contribution in [3.05, 3.63) is 93.3 Å². The molecular formula is C24H26O4. The van der Waals surface area contributed by atoms with Crippen LogP contribution in [0, 0.1) is 19.8 Å². The van der Waals surface area contributed by atoms with Crippen molar-refractivity contribution < 1.29 is 14.6 Å². The summed E-state index contributed by atoms with van der Waals surface area (Å²) in [5, 5.41) is 19.6. The fourth-order valence-corrected chi connectivity index (χ4v) is 3.65. The summed E-state index contributed by atoms with van der Waals surface area (Å²) in [5.41, 5.74) is 4.39. The Labute approximate surface area is 165 Å². The summed E-state index contributed by atoms with van der Waals surface area (Å²) in [5.74, 6) is -0.197. The van der Waals surface area contributed by atoms with Crippen molar-refractivity contribution in [3.63, 3.8) is 0 Å². The molecule has 0 amide bonds. The first kappa shape index (κ1) is 20.1. The van der Waals surface area contributed by atoms with Crippen molar-refractivity contribution in [2.75, 3.05) is 0 Å². The zero-order valence-electron chi connectivity index (χ0n) is 16.4. The van der Waals surface area contributed by atoms with Crippen LogP contribution in [0.2, 0.25) is 0 Å². The summed E-state index contributed by atoms with van der Waals surface area (Å²) in [6.45, 7) is 5.78. The number of aliphatic hydroxyl groups is 2.